The lowest BCUT2D eigenvalue weighted by atomic mass is 10.2. The Labute approximate surface area is 103 Å². The number of aromatic carboxylic acids is 1. The Bertz CT molecular complexity index is 441. The van der Waals surface area contributed by atoms with Gasteiger partial charge in [-0.25, -0.2) is 14.2 Å². The van der Waals surface area contributed by atoms with Gasteiger partial charge in [0.2, 0.25) is 0 Å². The molecule has 0 radical (unpaired) electrons. The summed E-state index contributed by atoms with van der Waals surface area (Å²) in [6.45, 7) is 2.68. The fourth-order valence-corrected chi connectivity index (χ4v) is 2.85. The highest BCUT2D eigenvalue weighted by Gasteiger charge is 2.25. The van der Waals surface area contributed by atoms with Crippen molar-refractivity contribution >= 4 is 23.5 Å². The number of carboxylic acid groups (broad SMARTS) is 1. The summed E-state index contributed by atoms with van der Waals surface area (Å²) < 4.78 is 14.0. The molecular weight excluding hydrogens is 243 g/mol. The minimum Gasteiger partial charge on any atom is -0.478 e. The Morgan fingerprint density at radius 1 is 1.71 bits per heavy atom. The Morgan fingerprint density at radius 2 is 2.47 bits per heavy atom. The third-order valence-electron chi connectivity index (χ3n) is 2.74. The molecule has 0 aromatic carbocycles. The molecule has 1 aromatic rings. The first kappa shape index (κ1) is 12.2. The second-order valence-electron chi connectivity index (χ2n) is 3.92. The van der Waals surface area contributed by atoms with Gasteiger partial charge in [0, 0.05) is 30.3 Å². The molecule has 0 saturated carbocycles. The Hall–Kier alpha value is -1.30. The summed E-state index contributed by atoms with van der Waals surface area (Å²) in [7, 11) is 0. The van der Waals surface area contributed by atoms with Crippen molar-refractivity contribution in [2.24, 2.45) is 0 Å². The topological polar surface area (TPSA) is 53.4 Å². The van der Waals surface area contributed by atoms with E-state index in [-0.39, 0.29) is 17.4 Å². The van der Waals surface area contributed by atoms with Gasteiger partial charge in [0.05, 0.1) is 0 Å². The standard InChI is InChI=1S/C11H13FN2O2S/c1-7-6-17-5-4-14(7)10-9(12)8(11(15)16)2-3-13-10/h2-3,7H,4-6H2,1H3,(H,15,16). The maximum Gasteiger partial charge on any atom is 0.338 e. The van der Waals surface area contributed by atoms with Gasteiger partial charge in [0.1, 0.15) is 5.56 Å². The molecule has 6 heteroatoms. The van der Waals surface area contributed by atoms with Crippen LogP contribution in [0.3, 0.4) is 0 Å². The highest BCUT2D eigenvalue weighted by molar-refractivity contribution is 7.99. The predicted molar refractivity (Wildman–Crippen MR) is 65.3 cm³/mol. The van der Waals surface area contributed by atoms with Crippen molar-refractivity contribution in [1.82, 2.24) is 4.98 Å². The first-order chi connectivity index (χ1) is 8.11. The van der Waals surface area contributed by atoms with Gasteiger partial charge in [-0.15, -0.1) is 0 Å². The van der Waals surface area contributed by atoms with Crippen molar-refractivity contribution < 1.29 is 14.3 Å². The van der Waals surface area contributed by atoms with Crippen LogP contribution in [0.15, 0.2) is 12.3 Å². The molecule has 1 saturated heterocycles. The third kappa shape index (κ3) is 2.36. The largest absolute Gasteiger partial charge is 0.478 e. The molecule has 2 heterocycles. The quantitative estimate of drug-likeness (QED) is 0.875. The van der Waals surface area contributed by atoms with Crippen LogP contribution in [-0.4, -0.2) is 40.2 Å². The van der Waals surface area contributed by atoms with Gasteiger partial charge in [-0.2, -0.15) is 11.8 Å². The number of carbonyl (C=O) groups is 1. The van der Waals surface area contributed by atoms with E-state index in [1.165, 1.54) is 12.3 Å². The molecule has 0 amide bonds. The summed E-state index contributed by atoms with van der Waals surface area (Å²) in [6.07, 6.45) is 1.34. The van der Waals surface area contributed by atoms with E-state index in [0.29, 0.717) is 6.54 Å². The lowest BCUT2D eigenvalue weighted by Gasteiger charge is -2.34. The Balaban J connectivity index is 2.38. The average Bonchev–Trinajstić information content (AvgIpc) is 2.30. The summed E-state index contributed by atoms with van der Waals surface area (Å²) in [5, 5.41) is 8.86. The highest BCUT2D eigenvalue weighted by atomic mass is 32.2. The van der Waals surface area contributed by atoms with Crippen LogP contribution < -0.4 is 4.90 Å². The van der Waals surface area contributed by atoms with Crippen molar-refractivity contribution in [3.8, 4) is 0 Å². The number of halogens is 1. The molecule has 92 valence electrons. The molecule has 0 spiro atoms. The van der Waals surface area contributed by atoms with Gasteiger partial charge in [-0.05, 0) is 13.0 Å². The van der Waals surface area contributed by atoms with Gasteiger partial charge < -0.3 is 10.0 Å². The number of aromatic nitrogens is 1. The molecule has 2 rings (SSSR count). The second kappa shape index (κ2) is 4.91. The molecule has 1 unspecified atom stereocenters. The molecule has 1 atom stereocenters. The summed E-state index contributed by atoms with van der Waals surface area (Å²) in [5.41, 5.74) is -0.319. The van der Waals surface area contributed by atoms with Crippen molar-refractivity contribution in [3.05, 3.63) is 23.6 Å². The third-order valence-corrected chi connectivity index (χ3v) is 3.93. The van der Waals surface area contributed by atoms with Crippen molar-refractivity contribution in [1.29, 1.82) is 0 Å². The summed E-state index contributed by atoms with van der Waals surface area (Å²) in [4.78, 5) is 16.7. The number of rotatable bonds is 2. The van der Waals surface area contributed by atoms with Gasteiger partial charge in [0.15, 0.2) is 11.6 Å². The number of thioether (sulfide) groups is 1. The number of hydrogen-bond donors (Lipinski definition) is 1. The minimum atomic E-state index is -1.26. The van der Waals surface area contributed by atoms with Crippen LogP contribution in [0.4, 0.5) is 10.2 Å². The van der Waals surface area contributed by atoms with E-state index in [4.69, 9.17) is 5.11 Å². The lowest BCUT2D eigenvalue weighted by Crippen LogP contribution is -2.41. The van der Waals surface area contributed by atoms with Crippen molar-refractivity contribution in [3.63, 3.8) is 0 Å². The lowest BCUT2D eigenvalue weighted by molar-refractivity contribution is 0.0691. The smallest absolute Gasteiger partial charge is 0.338 e. The zero-order valence-electron chi connectivity index (χ0n) is 9.39. The number of hydrogen-bond acceptors (Lipinski definition) is 4. The normalized spacial score (nSPS) is 20.4. The van der Waals surface area contributed by atoms with E-state index < -0.39 is 11.8 Å². The zero-order chi connectivity index (χ0) is 12.4. The molecular formula is C11H13FN2O2S. The zero-order valence-corrected chi connectivity index (χ0v) is 10.2. The van der Waals surface area contributed by atoms with Crippen LogP contribution >= 0.6 is 11.8 Å². The van der Waals surface area contributed by atoms with Gasteiger partial charge in [-0.3, -0.25) is 0 Å². The SMILES string of the molecule is CC1CSCCN1c1nccc(C(=O)O)c1F. The van der Waals surface area contributed by atoms with Gasteiger partial charge in [-0.1, -0.05) is 0 Å². The van der Waals surface area contributed by atoms with Crippen LogP contribution in [0.2, 0.25) is 0 Å². The van der Waals surface area contributed by atoms with Gasteiger partial charge >= 0.3 is 5.97 Å². The van der Waals surface area contributed by atoms with E-state index in [0.717, 1.165) is 11.5 Å². The molecule has 1 aromatic heterocycles. The maximum atomic E-state index is 14.0. The first-order valence-corrected chi connectivity index (χ1v) is 6.49. The number of anilines is 1. The highest BCUT2D eigenvalue weighted by Crippen LogP contribution is 2.25. The van der Waals surface area contributed by atoms with E-state index >= 15 is 0 Å². The fraction of sp³-hybridized carbons (Fsp3) is 0.455. The van der Waals surface area contributed by atoms with Crippen LogP contribution in [0, 0.1) is 5.82 Å². The van der Waals surface area contributed by atoms with Crippen molar-refractivity contribution in [2.45, 2.75) is 13.0 Å². The molecule has 1 aliphatic rings. The van der Waals surface area contributed by atoms with E-state index in [9.17, 15) is 9.18 Å². The molecule has 4 nitrogen and oxygen atoms in total. The van der Waals surface area contributed by atoms with E-state index in [1.807, 2.05) is 23.6 Å². The summed E-state index contributed by atoms with van der Waals surface area (Å²) in [5.74, 6) is -0.0390. The predicted octanol–water partition coefficient (Wildman–Crippen LogP) is 1.86. The Kier molecular flexibility index (Phi) is 3.51. The van der Waals surface area contributed by atoms with E-state index in [1.54, 1.807) is 0 Å². The van der Waals surface area contributed by atoms with Gasteiger partial charge in [0.25, 0.3) is 0 Å². The van der Waals surface area contributed by atoms with Crippen molar-refractivity contribution in [2.75, 3.05) is 23.0 Å². The maximum absolute atomic E-state index is 14.0. The van der Waals surface area contributed by atoms with Crippen LogP contribution in [0.25, 0.3) is 0 Å². The molecule has 1 aliphatic heterocycles. The molecule has 17 heavy (non-hydrogen) atoms. The second-order valence-corrected chi connectivity index (χ2v) is 5.07. The monoisotopic (exact) mass is 256 g/mol. The number of nitrogens with zero attached hydrogens (tertiary/aromatic N) is 2. The average molecular weight is 256 g/mol. The molecule has 1 N–H and O–H groups in total. The molecule has 1 fully saturated rings. The number of pyridine rings is 1. The first-order valence-electron chi connectivity index (χ1n) is 5.33. The Morgan fingerprint density at radius 3 is 3.12 bits per heavy atom. The molecule has 0 aliphatic carbocycles. The van der Waals surface area contributed by atoms with Crippen LogP contribution in [-0.2, 0) is 0 Å². The summed E-state index contributed by atoms with van der Waals surface area (Å²) in [6, 6.07) is 1.35. The van der Waals surface area contributed by atoms with E-state index in [2.05, 4.69) is 4.98 Å². The van der Waals surface area contributed by atoms with Crippen LogP contribution in [0.5, 0.6) is 0 Å². The minimum absolute atomic E-state index is 0.151. The summed E-state index contributed by atoms with van der Waals surface area (Å²) >= 11 is 1.81. The molecule has 0 bridgehead atoms. The van der Waals surface area contributed by atoms with Crippen LogP contribution in [0.1, 0.15) is 17.3 Å². The fourth-order valence-electron chi connectivity index (χ4n) is 1.84. The number of carboxylic acids is 1.